The van der Waals surface area contributed by atoms with Crippen molar-refractivity contribution < 1.29 is 22.7 Å². The molecule has 0 amide bonds. The first kappa shape index (κ1) is 16.1. The van der Waals surface area contributed by atoms with E-state index in [-0.39, 0.29) is 24.9 Å². The molecule has 3 nitrogen and oxygen atoms in total. The van der Waals surface area contributed by atoms with Crippen molar-refractivity contribution >= 4 is 27.6 Å². The van der Waals surface area contributed by atoms with Crippen LogP contribution >= 0.6 is 15.9 Å². The van der Waals surface area contributed by atoms with E-state index in [9.17, 15) is 18.0 Å². The lowest BCUT2D eigenvalue weighted by molar-refractivity contribution is -0.142. The van der Waals surface area contributed by atoms with Gasteiger partial charge in [-0.15, -0.1) is 0 Å². The molecular weight excluding hydrogens is 351 g/mol. The van der Waals surface area contributed by atoms with E-state index in [1.165, 1.54) is 11.0 Å². The summed E-state index contributed by atoms with van der Waals surface area (Å²) in [4.78, 5) is 13.1. The third-order valence-electron chi connectivity index (χ3n) is 3.17. The monoisotopic (exact) mass is 365 g/mol. The van der Waals surface area contributed by atoms with Crippen molar-refractivity contribution in [1.82, 2.24) is 0 Å². The second-order valence-electron chi connectivity index (χ2n) is 4.82. The van der Waals surface area contributed by atoms with Crippen LogP contribution < -0.4 is 4.90 Å². The topological polar surface area (TPSA) is 29.5 Å². The Labute approximate surface area is 129 Å². The molecule has 0 radical (unpaired) electrons. The molecule has 0 bridgehead atoms. The molecule has 0 N–H and O–H groups in total. The quantitative estimate of drug-likeness (QED) is 0.738. The van der Waals surface area contributed by atoms with Gasteiger partial charge in [-0.05, 0) is 38.0 Å². The molecule has 1 fully saturated rings. The Morgan fingerprint density at radius 2 is 2.10 bits per heavy atom. The largest absolute Gasteiger partial charge is 0.465 e. The second kappa shape index (κ2) is 6.25. The summed E-state index contributed by atoms with van der Waals surface area (Å²) in [5, 5.41) is 0. The summed E-state index contributed by atoms with van der Waals surface area (Å²) in [5.41, 5.74) is -0.714. The molecule has 0 spiro atoms. The van der Waals surface area contributed by atoms with Gasteiger partial charge in [-0.2, -0.15) is 13.2 Å². The van der Waals surface area contributed by atoms with Gasteiger partial charge in [-0.3, -0.25) is 4.79 Å². The number of halogens is 4. The van der Waals surface area contributed by atoms with Crippen LogP contribution in [0.5, 0.6) is 0 Å². The zero-order valence-electron chi connectivity index (χ0n) is 11.4. The van der Waals surface area contributed by atoms with Gasteiger partial charge in [0.05, 0.1) is 12.2 Å². The molecule has 0 saturated heterocycles. The molecule has 0 atom stereocenters. The van der Waals surface area contributed by atoms with Crippen molar-refractivity contribution in [2.24, 2.45) is 0 Å². The smallest absolute Gasteiger partial charge is 0.418 e. The van der Waals surface area contributed by atoms with Crippen molar-refractivity contribution in [3.63, 3.8) is 0 Å². The summed E-state index contributed by atoms with van der Waals surface area (Å²) >= 11 is 3.06. The third kappa shape index (κ3) is 4.12. The molecule has 1 aromatic carbocycles. The minimum atomic E-state index is -4.47. The predicted octanol–water partition coefficient (Wildman–Crippen LogP) is 4.00. The second-order valence-corrected chi connectivity index (χ2v) is 5.74. The maximum absolute atomic E-state index is 13.2. The van der Waals surface area contributed by atoms with Gasteiger partial charge in [-0.25, -0.2) is 0 Å². The van der Waals surface area contributed by atoms with E-state index < -0.39 is 17.7 Å². The summed E-state index contributed by atoms with van der Waals surface area (Å²) in [6.45, 7) is 1.72. The van der Waals surface area contributed by atoms with Gasteiger partial charge in [0.1, 0.15) is 6.54 Å². The van der Waals surface area contributed by atoms with Crippen LogP contribution in [0, 0.1) is 0 Å². The van der Waals surface area contributed by atoms with Gasteiger partial charge in [-0.1, -0.05) is 15.9 Å². The van der Waals surface area contributed by atoms with Crippen LogP contribution in [0.1, 0.15) is 25.3 Å². The molecule has 0 aliphatic heterocycles. The van der Waals surface area contributed by atoms with Crippen LogP contribution in [-0.2, 0) is 15.7 Å². The van der Waals surface area contributed by atoms with Gasteiger partial charge < -0.3 is 9.64 Å². The molecule has 1 aliphatic rings. The molecule has 0 unspecified atom stereocenters. The van der Waals surface area contributed by atoms with E-state index in [0.717, 1.165) is 18.9 Å². The van der Waals surface area contributed by atoms with E-state index in [1.54, 1.807) is 13.0 Å². The van der Waals surface area contributed by atoms with Gasteiger partial charge in [0.2, 0.25) is 0 Å². The number of nitrogens with zero attached hydrogens (tertiary/aromatic N) is 1. The van der Waals surface area contributed by atoms with Crippen LogP contribution in [0.2, 0.25) is 0 Å². The van der Waals surface area contributed by atoms with Gasteiger partial charge in [0.15, 0.2) is 0 Å². The van der Waals surface area contributed by atoms with Crippen LogP contribution in [0.4, 0.5) is 18.9 Å². The van der Waals surface area contributed by atoms with E-state index in [1.807, 2.05) is 0 Å². The maximum atomic E-state index is 13.2. The van der Waals surface area contributed by atoms with Crippen molar-refractivity contribution in [1.29, 1.82) is 0 Å². The highest BCUT2D eigenvalue weighted by Gasteiger charge is 2.39. The molecule has 2 rings (SSSR count). The summed E-state index contributed by atoms with van der Waals surface area (Å²) in [6.07, 6.45) is -2.90. The van der Waals surface area contributed by atoms with E-state index in [2.05, 4.69) is 15.9 Å². The number of anilines is 1. The average Bonchev–Trinajstić information content (AvgIpc) is 3.20. The molecule has 0 aromatic heterocycles. The Kier molecular flexibility index (Phi) is 4.81. The SMILES string of the molecule is CCOC(=O)CN(c1ccc(Br)cc1C(F)(F)F)C1CC1. The van der Waals surface area contributed by atoms with E-state index >= 15 is 0 Å². The Bertz CT molecular complexity index is 529. The number of esters is 1. The Morgan fingerprint density at radius 1 is 1.43 bits per heavy atom. The van der Waals surface area contributed by atoms with Gasteiger partial charge in [0, 0.05) is 16.2 Å². The first-order valence-electron chi connectivity index (χ1n) is 6.62. The van der Waals surface area contributed by atoms with Gasteiger partial charge in [0.25, 0.3) is 0 Å². The number of hydrogen-bond donors (Lipinski definition) is 0. The fourth-order valence-electron chi connectivity index (χ4n) is 2.13. The summed E-state index contributed by atoms with van der Waals surface area (Å²) in [7, 11) is 0. The fourth-order valence-corrected chi connectivity index (χ4v) is 2.49. The van der Waals surface area contributed by atoms with Gasteiger partial charge >= 0.3 is 12.1 Å². The molecular formula is C14H15BrF3NO2. The molecule has 1 saturated carbocycles. The number of alkyl halides is 3. The van der Waals surface area contributed by atoms with E-state index in [4.69, 9.17) is 4.74 Å². The Balaban J connectivity index is 2.34. The maximum Gasteiger partial charge on any atom is 0.418 e. The number of benzene rings is 1. The lowest BCUT2D eigenvalue weighted by atomic mass is 10.1. The molecule has 7 heteroatoms. The number of carbonyl (C=O) groups excluding carboxylic acids is 1. The number of carbonyl (C=O) groups is 1. The molecule has 1 aromatic rings. The molecule has 116 valence electrons. The molecule has 0 heterocycles. The van der Waals surface area contributed by atoms with Crippen LogP contribution in [-0.4, -0.2) is 25.2 Å². The Morgan fingerprint density at radius 3 is 2.62 bits per heavy atom. The third-order valence-corrected chi connectivity index (χ3v) is 3.66. The van der Waals surface area contributed by atoms with Crippen molar-refractivity contribution in [2.75, 3.05) is 18.1 Å². The highest BCUT2D eigenvalue weighted by molar-refractivity contribution is 9.10. The summed E-state index contributed by atoms with van der Waals surface area (Å²) < 4.78 is 44.8. The number of hydrogen-bond acceptors (Lipinski definition) is 3. The first-order valence-corrected chi connectivity index (χ1v) is 7.41. The van der Waals surface area contributed by atoms with Crippen molar-refractivity contribution in [2.45, 2.75) is 32.0 Å². The summed E-state index contributed by atoms with van der Waals surface area (Å²) in [6, 6.07) is 3.95. The minimum Gasteiger partial charge on any atom is -0.465 e. The predicted molar refractivity (Wildman–Crippen MR) is 76.1 cm³/mol. The number of ether oxygens (including phenoxy) is 1. The van der Waals surface area contributed by atoms with Crippen LogP contribution in [0.15, 0.2) is 22.7 Å². The molecule has 1 aliphatic carbocycles. The van der Waals surface area contributed by atoms with Crippen molar-refractivity contribution in [3.05, 3.63) is 28.2 Å². The lowest BCUT2D eigenvalue weighted by Gasteiger charge is -2.27. The average molecular weight is 366 g/mol. The normalized spacial score (nSPS) is 14.9. The van der Waals surface area contributed by atoms with Crippen LogP contribution in [0.3, 0.4) is 0 Å². The first-order chi connectivity index (χ1) is 9.82. The fraction of sp³-hybridized carbons (Fsp3) is 0.500. The highest BCUT2D eigenvalue weighted by atomic mass is 79.9. The standard InChI is InChI=1S/C14H15BrF3NO2/c1-2-21-13(20)8-19(10-4-5-10)12-6-3-9(15)7-11(12)14(16,17)18/h3,6-7,10H,2,4-5,8H2,1H3. The minimum absolute atomic E-state index is 0.0289. The Hall–Kier alpha value is -1.24. The lowest BCUT2D eigenvalue weighted by Crippen LogP contribution is -2.34. The zero-order valence-corrected chi connectivity index (χ0v) is 13.0. The highest BCUT2D eigenvalue weighted by Crippen LogP contribution is 2.41. The molecule has 21 heavy (non-hydrogen) atoms. The summed E-state index contributed by atoms with van der Waals surface area (Å²) in [5.74, 6) is -0.513. The van der Waals surface area contributed by atoms with Crippen LogP contribution in [0.25, 0.3) is 0 Å². The zero-order chi connectivity index (χ0) is 15.6. The van der Waals surface area contributed by atoms with Crippen molar-refractivity contribution in [3.8, 4) is 0 Å². The number of rotatable bonds is 5. The van der Waals surface area contributed by atoms with E-state index in [0.29, 0.717) is 4.47 Å².